The zero-order valence-electron chi connectivity index (χ0n) is 14.0. The van der Waals surface area contributed by atoms with Crippen molar-refractivity contribution >= 4 is 22.9 Å². The Bertz CT molecular complexity index is 746. The van der Waals surface area contributed by atoms with Crippen molar-refractivity contribution in [1.29, 1.82) is 0 Å². The minimum absolute atomic E-state index is 0.215. The molecular formula is C19H23N3OS. The van der Waals surface area contributed by atoms with Crippen LogP contribution in [-0.4, -0.2) is 26.7 Å². The smallest absolute Gasteiger partial charge is 0.223 e. The summed E-state index contributed by atoms with van der Waals surface area (Å²) in [7, 11) is 0. The zero-order valence-corrected chi connectivity index (χ0v) is 14.8. The number of imidazole rings is 1. The van der Waals surface area contributed by atoms with Gasteiger partial charge in [0.2, 0.25) is 5.91 Å². The number of aryl methyl sites for hydroxylation is 1. The van der Waals surface area contributed by atoms with Gasteiger partial charge in [-0.2, -0.15) is 11.3 Å². The van der Waals surface area contributed by atoms with Gasteiger partial charge in [0.15, 0.2) is 0 Å². The lowest BCUT2D eigenvalue weighted by Crippen LogP contribution is -2.31. The number of rotatable bonds is 8. The molecule has 24 heavy (non-hydrogen) atoms. The third kappa shape index (κ3) is 4.23. The van der Waals surface area contributed by atoms with Crippen LogP contribution in [0.5, 0.6) is 0 Å². The molecule has 3 aromatic heterocycles. The van der Waals surface area contributed by atoms with Gasteiger partial charge in [0.05, 0.1) is 5.69 Å². The summed E-state index contributed by atoms with van der Waals surface area (Å²) in [5.41, 5.74) is 3.12. The van der Waals surface area contributed by atoms with Gasteiger partial charge in [0.1, 0.15) is 5.65 Å². The summed E-state index contributed by atoms with van der Waals surface area (Å²) < 4.78 is 2.00. The lowest BCUT2D eigenvalue weighted by atomic mass is 10.2. The van der Waals surface area contributed by atoms with Crippen LogP contribution in [0.15, 0.2) is 47.4 Å². The quantitative estimate of drug-likeness (QED) is 0.617. The summed E-state index contributed by atoms with van der Waals surface area (Å²) in [5.74, 6) is 0.215. The highest BCUT2D eigenvalue weighted by atomic mass is 32.1. The molecule has 0 fully saturated rings. The number of nitrogens with zero attached hydrogens (tertiary/aromatic N) is 3. The normalized spacial score (nSPS) is 11.0. The molecule has 5 heteroatoms. The van der Waals surface area contributed by atoms with Crippen LogP contribution >= 0.6 is 11.3 Å². The van der Waals surface area contributed by atoms with Crippen LogP contribution in [0.25, 0.3) is 5.65 Å². The van der Waals surface area contributed by atoms with Crippen molar-refractivity contribution in [2.24, 2.45) is 0 Å². The first-order valence-corrected chi connectivity index (χ1v) is 9.42. The van der Waals surface area contributed by atoms with Crippen molar-refractivity contribution in [3.8, 4) is 0 Å². The molecule has 0 aliphatic carbocycles. The number of carbonyl (C=O) groups is 1. The van der Waals surface area contributed by atoms with E-state index in [1.165, 1.54) is 5.56 Å². The van der Waals surface area contributed by atoms with E-state index in [1.54, 1.807) is 11.3 Å². The minimum Gasteiger partial charge on any atom is -0.338 e. The summed E-state index contributed by atoms with van der Waals surface area (Å²) in [6.07, 6.45) is 7.34. The number of hydrogen-bond donors (Lipinski definition) is 0. The van der Waals surface area contributed by atoms with Crippen molar-refractivity contribution in [2.75, 3.05) is 6.54 Å². The molecule has 3 heterocycles. The largest absolute Gasteiger partial charge is 0.338 e. The molecule has 4 nitrogen and oxygen atoms in total. The summed E-state index contributed by atoms with van der Waals surface area (Å²) >= 11 is 1.68. The highest BCUT2D eigenvalue weighted by Gasteiger charge is 2.14. The van der Waals surface area contributed by atoms with Gasteiger partial charge >= 0.3 is 0 Å². The summed E-state index contributed by atoms with van der Waals surface area (Å²) in [4.78, 5) is 19.2. The summed E-state index contributed by atoms with van der Waals surface area (Å²) in [6, 6.07) is 8.04. The third-order valence-corrected chi connectivity index (χ3v) is 4.83. The van der Waals surface area contributed by atoms with E-state index in [9.17, 15) is 4.79 Å². The third-order valence-electron chi connectivity index (χ3n) is 4.10. The van der Waals surface area contributed by atoms with Gasteiger partial charge in [0.25, 0.3) is 0 Å². The fourth-order valence-corrected chi connectivity index (χ4v) is 3.40. The highest BCUT2D eigenvalue weighted by molar-refractivity contribution is 7.07. The molecule has 0 atom stereocenters. The molecule has 3 rings (SSSR count). The first kappa shape index (κ1) is 16.7. The van der Waals surface area contributed by atoms with Crippen molar-refractivity contribution in [3.63, 3.8) is 0 Å². The van der Waals surface area contributed by atoms with E-state index in [1.807, 2.05) is 39.9 Å². The van der Waals surface area contributed by atoms with E-state index >= 15 is 0 Å². The second kappa shape index (κ2) is 8.11. The molecule has 0 aliphatic heterocycles. The summed E-state index contributed by atoms with van der Waals surface area (Å²) in [6.45, 7) is 3.70. The number of thiophene rings is 1. The van der Waals surface area contributed by atoms with Gasteiger partial charge in [-0.25, -0.2) is 4.98 Å². The van der Waals surface area contributed by atoms with E-state index in [4.69, 9.17) is 0 Å². The molecule has 0 N–H and O–H groups in total. The number of pyridine rings is 1. The molecular weight excluding hydrogens is 318 g/mol. The minimum atomic E-state index is 0.215. The monoisotopic (exact) mass is 341 g/mol. The second-order valence-electron chi connectivity index (χ2n) is 6.00. The Morgan fingerprint density at radius 2 is 2.25 bits per heavy atom. The fraction of sp³-hybridized carbons (Fsp3) is 0.368. The van der Waals surface area contributed by atoms with Crippen LogP contribution in [0.4, 0.5) is 0 Å². The van der Waals surface area contributed by atoms with Gasteiger partial charge in [0, 0.05) is 31.9 Å². The average Bonchev–Trinajstić information content (AvgIpc) is 3.25. The molecule has 0 saturated heterocycles. The Kier molecular flexibility index (Phi) is 5.64. The molecule has 0 radical (unpaired) electrons. The standard InChI is InChI=1S/C19H23N3OS/c1-2-3-10-22(13-16-9-12-24-15-16)19(23)8-7-17-14-21-11-5-4-6-18(21)20-17/h4-6,9,11-12,14-15H,2-3,7-8,10,13H2,1H3. The number of fused-ring (bicyclic) bond motifs is 1. The van der Waals surface area contributed by atoms with E-state index < -0.39 is 0 Å². The number of carbonyl (C=O) groups excluding carboxylic acids is 1. The van der Waals surface area contributed by atoms with Gasteiger partial charge in [-0.3, -0.25) is 4.79 Å². The molecule has 0 bridgehead atoms. The number of hydrogen-bond acceptors (Lipinski definition) is 3. The van der Waals surface area contributed by atoms with Crippen LogP contribution in [0.2, 0.25) is 0 Å². The molecule has 0 aliphatic rings. The number of amides is 1. The first-order chi connectivity index (χ1) is 11.8. The lowest BCUT2D eigenvalue weighted by Gasteiger charge is -2.22. The first-order valence-electron chi connectivity index (χ1n) is 8.47. The van der Waals surface area contributed by atoms with Gasteiger partial charge < -0.3 is 9.30 Å². The predicted molar refractivity (Wildman–Crippen MR) is 98.2 cm³/mol. The van der Waals surface area contributed by atoms with Crippen LogP contribution in [-0.2, 0) is 17.8 Å². The Labute approximate surface area is 146 Å². The Balaban J connectivity index is 1.61. The topological polar surface area (TPSA) is 37.6 Å². The second-order valence-corrected chi connectivity index (χ2v) is 6.78. The van der Waals surface area contributed by atoms with Crippen molar-refractivity contribution in [3.05, 3.63) is 58.7 Å². The average molecular weight is 341 g/mol. The SMILES string of the molecule is CCCCN(Cc1ccsc1)C(=O)CCc1cn2ccccc2n1. The maximum absolute atomic E-state index is 12.7. The van der Waals surface area contributed by atoms with Gasteiger partial charge in [-0.15, -0.1) is 0 Å². The van der Waals surface area contributed by atoms with Gasteiger partial charge in [-0.05, 0) is 47.4 Å². The molecule has 126 valence electrons. The Hall–Kier alpha value is -2.14. The number of aromatic nitrogens is 2. The Morgan fingerprint density at radius 1 is 1.33 bits per heavy atom. The van der Waals surface area contributed by atoms with Crippen molar-refractivity contribution in [2.45, 2.75) is 39.2 Å². The van der Waals surface area contributed by atoms with E-state index in [-0.39, 0.29) is 5.91 Å². The van der Waals surface area contributed by atoms with E-state index in [2.05, 4.69) is 28.7 Å². The van der Waals surface area contributed by atoms with E-state index in [0.29, 0.717) is 19.4 Å². The van der Waals surface area contributed by atoms with Crippen LogP contribution in [0.1, 0.15) is 37.4 Å². The van der Waals surface area contributed by atoms with Gasteiger partial charge in [-0.1, -0.05) is 19.4 Å². The molecule has 3 aromatic rings. The molecule has 0 aromatic carbocycles. The predicted octanol–water partition coefficient (Wildman–Crippen LogP) is 4.16. The van der Waals surface area contributed by atoms with Crippen molar-refractivity contribution in [1.82, 2.24) is 14.3 Å². The lowest BCUT2D eigenvalue weighted by molar-refractivity contribution is -0.131. The highest BCUT2D eigenvalue weighted by Crippen LogP contribution is 2.13. The van der Waals surface area contributed by atoms with Crippen LogP contribution in [0, 0.1) is 0 Å². The van der Waals surface area contributed by atoms with E-state index in [0.717, 1.165) is 30.7 Å². The number of unbranched alkanes of at least 4 members (excludes halogenated alkanes) is 1. The molecule has 0 unspecified atom stereocenters. The zero-order chi connectivity index (χ0) is 16.8. The van der Waals surface area contributed by atoms with Crippen molar-refractivity contribution < 1.29 is 4.79 Å². The maximum Gasteiger partial charge on any atom is 0.223 e. The van der Waals surface area contributed by atoms with Crippen LogP contribution < -0.4 is 0 Å². The van der Waals surface area contributed by atoms with Crippen LogP contribution in [0.3, 0.4) is 0 Å². The molecule has 1 amide bonds. The summed E-state index contributed by atoms with van der Waals surface area (Å²) in [5, 5.41) is 4.18. The molecule has 0 saturated carbocycles. The fourth-order valence-electron chi connectivity index (χ4n) is 2.74. The molecule has 0 spiro atoms. The maximum atomic E-state index is 12.7. The Morgan fingerprint density at radius 3 is 3.00 bits per heavy atom.